The number of nitro benzene ring substituents is 1. The van der Waals surface area contributed by atoms with E-state index in [0.717, 1.165) is 0 Å². The first-order valence-corrected chi connectivity index (χ1v) is 6.08. The van der Waals surface area contributed by atoms with Crippen LogP contribution in [0.3, 0.4) is 0 Å². The molecule has 1 aromatic carbocycles. The van der Waals surface area contributed by atoms with Crippen molar-refractivity contribution < 1.29 is 14.5 Å². The number of nitrogen functional groups attached to an aromatic ring is 1. The second kappa shape index (κ2) is 5.16. The number of nitrogens with zero attached hydrogens (tertiary/aromatic N) is 2. The van der Waals surface area contributed by atoms with Crippen LogP contribution in [0.1, 0.15) is 13.3 Å². The van der Waals surface area contributed by atoms with E-state index < -0.39 is 16.9 Å². The molecule has 0 bridgehead atoms. The number of piperazine rings is 1. The van der Waals surface area contributed by atoms with E-state index in [4.69, 9.17) is 5.73 Å². The average molecular weight is 278 g/mol. The molecule has 1 aliphatic heterocycles. The highest BCUT2D eigenvalue weighted by molar-refractivity contribution is 6.05. The van der Waals surface area contributed by atoms with E-state index in [1.54, 1.807) is 4.90 Å². The summed E-state index contributed by atoms with van der Waals surface area (Å²) in [5.74, 6) is -0.807. The van der Waals surface area contributed by atoms with Crippen molar-refractivity contribution in [1.29, 1.82) is 0 Å². The van der Waals surface area contributed by atoms with Crippen LogP contribution in [-0.4, -0.2) is 29.3 Å². The quantitative estimate of drug-likeness (QED) is 0.358. The Balaban J connectivity index is 2.40. The molecule has 8 heteroatoms. The number of nitrogens with two attached hydrogens (primary N) is 1. The van der Waals surface area contributed by atoms with Crippen LogP contribution in [0, 0.1) is 10.1 Å². The van der Waals surface area contributed by atoms with Crippen LogP contribution in [0.2, 0.25) is 0 Å². The van der Waals surface area contributed by atoms with E-state index in [2.05, 4.69) is 5.32 Å². The Morgan fingerprint density at radius 2 is 2.20 bits per heavy atom. The Morgan fingerprint density at radius 1 is 1.50 bits per heavy atom. The van der Waals surface area contributed by atoms with Crippen LogP contribution in [0.4, 0.5) is 17.1 Å². The molecule has 0 aromatic heterocycles. The minimum Gasteiger partial charge on any atom is -0.397 e. The fourth-order valence-electron chi connectivity index (χ4n) is 2.24. The number of carbonyl (C=O) groups is 2. The lowest BCUT2D eigenvalue weighted by molar-refractivity contribution is -0.384. The molecule has 0 spiro atoms. The molecular weight excluding hydrogens is 264 g/mol. The number of non-ortho nitro benzene ring substituents is 1. The van der Waals surface area contributed by atoms with Gasteiger partial charge in [0.1, 0.15) is 6.04 Å². The van der Waals surface area contributed by atoms with Crippen LogP contribution >= 0.6 is 0 Å². The van der Waals surface area contributed by atoms with Crippen molar-refractivity contribution in [2.24, 2.45) is 0 Å². The predicted octanol–water partition coefficient (Wildman–Crippen LogP) is 0.418. The van der Waals surface area contributed by atoms with Gasteiger partial charge < -0.3 is 10.6 Å². The number of anilines is 2. The zero-order valence-electron chi connectivity index (χ0n) is 10.8. The van der Waals surface area contributed by atoms with Crippen molar-refractivity contribution in [3.05, 3.63) is 28.3 Å². The molecule has 1 unspecified atom stereocenters. The normalized spacial score (nSPS) is 18.9. The number of nitro groups is 1. The number of carbonyl (C=O) groups excluding carboxylic acids is 2. The molecule has 1 aromatic rings. The minimum atomic E-state index is -0.550. The lowest BCUT2D eigenvalue weighted by Crippen LogP contribution is -2.58. The van der Waals surface area contributed by atoms with Crippen molar-refractivity contribution in [3.8, 4) is 0 Å². The van der Waals surface area contributed by atoms with Crippen molar-refractivity contribution in [2.75, 3.05) is 17.2 Å². The maximum atomic E-state index is 11.8. The summed E-state index contributed by atoms with van der Waals surface area (Å²) in [6.45, 7) is 1.81. The van der Waals surface area contributed by atoms with E-state index in [0.29, 0.717) is 12.1 Å². The number of rotatable bonds is 3. The van der Waals surface area contributed by atoms with E-state index in [9.17, 15) is 19.7 Å². The molecule has 1 heterocycles. The highest BCUT2D eigenvalue weighted by Gasteiger charge is 2.33. The SMILES string of the molecule is CCC1C(=O)NC(=O)CN1c1ccc([N+](=O)[O-])cc1N. The molecule has 3 N–H and O–H groups in total. The van der Waals surface area contributed by atoms with Gasteiger partial charge in [0.15, 0.2) is 0 Å². The molecule has 2 rings (SSSR count). The topological polar surface area (TPSA) is 119 Å². The third-order valence-corrected chi connectivity index (χ3v) is 3.17. The van der Waals surface area contributed by atoms with E-state index >= 15 is 0 Å². The van der Waals surface area contributed by atoms with Gasteiger partial charge in [-0.1, -0.05) is 6.92 Å². The molecule has 0 saturated carbocycles. The molecule has 1 saturated heterocycles. The Hall–Kier alpha value is -2.64. The van der Waals surface area contributed by atoms with Crippen molar-refractivity contribution in [2.45, 2.75) is 19.4 Å². The summed E-state index contributed by atoms with van der Waals surface area (Å²) < 4.78 is 0. The van der Waals surface area contributed by atoms with Gasteiger partial charge in [0.2, 0.25) is 11.8 Å². The Labute approximate surface area is 114 Å². The molecule has 1 aliphatic rings. The van der Waals surface area contributed by atoms with Crippen LogP contribution in [0.5, 0.6) is 0 Å². The van der Waals surface area contributed by atoms with Gasteiger partial charge in [0, 0.05) is 12.1 Å². The molecule has 8 nitrogen and oxygen atoms in total. The largest absolute Gasteiger partial charge is 0.397 e. The fourth-order valence-corrected chi connectivity index (χ4v) is 2.24. The summed E-state index contributed by atoms with van der Waals surface area (Å²) in [6.07, 6.45) is 0.496. The number of benzene rings is 1. The van der Waals surface area contributed by atoms with Gasteiger partial charge in [0.05, 0.1) is 22.8 Å². The third-order valence-electron chi connectivity index (χ3n) is 3.17. The number of amides is 2. The van der Waals surface area contributed by atoms with Crippen molar-refractivity contribution in [1.82, 2.24) is 5.32 Å². The Bertz CT molecular complexity index is 587. The van der Waals surface area contributed by atoms with Gasteiger partial charge in [-0.15, -0.1) is 0 Å². The first-order valence-electron chi connectivity index (χ1n) is 6.08. The maximum Gasteiger partial charge on any atom is 0.271 e. The van der Waals surface area contributed by atoms with Crippen LogP contribution in [0.15, 0.2) is 18.2 Å². The fraction of sp³-hybridized carbons (Fsp3) is 0.333. The second-order valence-electron chi connectivity index (χ2n) is 4.46. The van der Waals surface area contributed by atoms with E-state index in [-0.39, 0.29) is 23.8 Å². The Morgan fingerprint density at radius 3 is 2.75 bits per heavy atom. The molecule has 1 atom stereocenters. The van der Waals surface area contributed by atoms with Crippen LogP contribution < -0.4 is 16.0 Å². The maximum absolute atomic E-state index is 11.8. The van der Waals surface area contributed by atoms with Gasteiger partial charge in [-0.2, -0.15) is 0 Å². The van der Waals surface area contributed by atoms with Gasteiger partial charge in [-0.05, 0) is 12.5 Å². The van der Waals surface area contributed by atoms with Gasteiger partial charge in [-0.3, -0.25) is 25.0 Å². The molecule has 106 valence electrons. The van der Waals surface area contributed by atoms with Crippen molar-refractivity contribution in [3.63, 3.8) is 0 Å². The molecule has 1 fully saturated rings. The van der Waals surface area contributed by atoms with Crippen LogP contribution in [-0.2, 0) is 9.59 Å². The standard InChI is InChI=1S/C12H14N4O4/c1-2-9-12(18)14-11(17)6-15(9)10-4-3-7(16(19)20)5-8(10)13/h3-5,9H,2,6,13H2,1H3,(H,14,17,18). The number of hydrogen-bond donors (Lipinski definition) is 2. The summed E-state index contributed by atoms with van der Waals surface area (Å²) >= 11 is 0. The van der Waals surface area contributed by atoms with E-state index in [1.807, 2.05) is 6.92 Å². The highest BCUT2D eigenvalue weighted by Crippen LogP contribution is 2.30. The number of imide groups is 1. The lowest BCUT2D eigenvalue weighted by Gasteiger charge is -2.35. The zero-order chi connectivity index (χ0) is 14.9. The first kappa shape index (κ1) is 13.8. The monoisotopic (exact) mass is 278 g/mol. The highest BCUT2D eigenvalue weighted by atomic mass is 16.6. The minimum absolute atomic E-state index is 0.00768. The lowest BCUT2D eigenvalue weighted by atomic mass is 10.1. The Kier molecular flexibility index (Phi) is 3.55. The zero-order valence-corrected chi connectivity index (χ0v) is 10.8. The summed E-state index contributed by atoms with van der Waals surface area (Å²) in [7, 11) is 0. The summed E-state index contributed by atoms with van der Waals surface area (Å²) in [5, 5.41) is 12.9. The number of hydrogen-bond acceptors (Lipinski definition) is 6. The summed E-state index contributed by atoms with van der Waals surface area (Å²) in [5.41, 5.74) is 6.29. The van der Waals surface area contributed by atoms with Gasteiger partial charge in [-0.25, -0.2) is 0 Å². The summed E-state index contributed by atoms with van der Waals surface area (Å²) in [6, 6.07) is 3.47. The second-order valence-corrected chi connectivity index (χ2v) is 4.46. The molecule has 0 radical (unpaired) electrons. The smallest absolute Gasteiger partial charge is 0.271 e. The number of nitrogens with one attached hydrogen (secondary N) is 1. The van der Waals surface area contributed by atoms with E-state index in [1.165, 1.54) is 18.2 Å². The molecular formula is C12H14N4O4. The third kappa shape index (κ3) is 2.40. The molecule has 2 amide bonds. The van der Waals surface area contributed by atoms with Gasteiger partial charge in [0.25, 0.3) is 5.69 Å². The summed E-state index contributed by atoms with van der Waals surface area (Å²) in [4.78, 5) is 35.0. The predicted molar refractivity (Wildman–Crippen MR) is 72.1 cm³/mol. The first-order chi connectivity index (χ1) is 9.43. The molecule has 0 aliphatic carbocycles. The van der Waals surface area contributed by atoms with Crippen molar-refractivity contribution >= 4 is 28.9 Å². The van der Waals surface area contributed by atoms with Crippen LogP contribution in [0.25, 0.3) is 0 Å². The average Bonchev–Trinajstić information content (AvgIpc) is 2.37. The van der Waals surface area contributed by atoms with Gasteiger partial charge >= 0.3 is 0 Å². The molecule has 20 heavy (non-hydrogen) atoms.